The quantitative estimate of drug-likeness (QED) is 0.778. The molecule has 20 heavy (non-hydrogen) atoms. The summed E-state index contributed by atoms with van der Waals surface area (Å²) in [7, 11) is 0. The Hall–Kier alpha value is -1.14. The van der Waals surface area contributed by atoms with Gasteiger partial charge in [-0.25, -0.2) is 0 Å². The van der Waals surface area contributed by atoms with Gasteiger partial charge in [0.05, 0.1) is 25.3 Å². The molecule has 2 unspecified atom stereocenters. The van der Waals surface area contributed by atoms with Gasteiger partial charge in [0.25, 0.3) is 0 Å². The van der Waals surface area contributed by atoms with E-state index in [1.807, 2.05) is 18.7 Å². The van der Waals surface area contributed by atoms with E-state index in [1.54, 1.807) is 0 Å². The molecule has 0 saturated carbocycles. The van der Waals surface area contributed by atoms with Gasteiger partial charge >= 0.3 is 0 Å². The van der Waals surface area contributed by atoms with Crippen LogP contribution in [0.15, 0.2) is 0 Å². The first-order chi connectivity index (χ1) is 9.54. The van der Waals surface area contributed by atoms with Gasteiger partial charge in [0.15, 0.2) is 0 Å². The van der Waals surface area contributed by atoms with Crippen LogP contribution in [0, 0.1) is 0 Å². The minimum absolute atomic E-state index is 0.0274. The number of likely N-dealkylation sites (tertiary alicyclic amines) is 1. The van der Waals surface area contributed by atoms with E-state index in [0.717, 1.165) is 39.0 Å². The summed E-state index contributed by atoms with van der Waals surface area (Å²) in [5.41, 5.74) is 0. The number of morpholine rings is 1. The third-order valence-corrected chi connectivity index (χ3v) is 3.76. The van der Waals surface area contributed by atoms with Gasteiger partial charge in [0.1, 0.15) is 0 Å². The van der Waals surface area contributed by atoms with Crippen LogP contribution in [0.25, 0.3) is 0 Å². The third kappa shape index (κ3) is 4.45. The fraction of sp³-hybridized carbons (Fsp3) is 0.857. The van der Waals surface area contributed by atoms with Crippen molar-refractivity contribution < 1.29 is 14.3 Å². The highest BCUT2D eigenvalue weighted by Gasteiger charge is 2.24. The van der Waals surface area contributed by atoms with Gasteiger partial charge in [-0.1, -0.05) is 0 Å². The molecule has 2 saturated heterocycles. The fourth-order valence-corrected chi connectivity index (χ4v) is 2.93. The molecule has 0 aliphatic carbocycles. The van der Waals surface area contributed by atoms with Crippen molar-refractivity contribution in [1.82, 2.24) is 15.1 Å². The predicted molar refractivity (Wildman–Crippen MR) is 75.3 cm³/mol. The molecular weight excluding hydrogens is 258 g/mol. The van der Waals surface area contributed by atoms with E-state index in [0.29, 0.717) is 6.54 Å². The number of carbonyl (C=O) groups excluding carboxylic acids is 2. The molecule has 0 aromatic rings. The molecule has 2 fully saturated rings. The van der Waals surface area contributed by atoms with E-state index in [9.17, 15) is 9.59 Å². The Balaban J connectivity index is 1.68. The molecule has 6 heteroatoms. The van der Waals surface area contributed by atoms with Crippen LogP contribution in [-0.4, -0.2) is 73.1 Å². The summed E-state index contributed by atoms with van der Waals surface area (Å²) in [5, 5.41) is 2.72. The Labute approximate surface area is 120 Å². The molecule has 0 radical (unpaired) electrons. The number of carbonyl (C=O) groups is 2. The molecule has 2 heterocycles. The van der Waals surface area contributed by atoms with Crippen molar-refractivity contribution in [3.63, 3.8) is 0 Å². The standard InChI is InChI=1S/C14H25N3O3/c1-11-8-16(9-12(2)20-11)10-13(18)15-7-14(19)17-5-3-4-6-17/h11-12H,3-10H2,1-2H3,(H,15,18). The largest absolute Gasteiger partial charge is 0.373 e. The van der Waals surface area contributed by atoms with Gasteiger partial charge in [-0.15, -0.1) is 0 Å². The second-order valence-corrected chi connectivity index (χ2v) is 5.82. The molecule has 0 bridgehead atoms. The van der Waals surface area contributed by atoms with E-state index in [4.69, 9.17) is 4.74 Å². The molecule has 6 nitrogen and oxygen atoms in total. The summed E-state index contributed by atoms with van der Waals surface area (Å²) in [4.78, 5) is 27.6. The molecule has 2 aliphatic rings. The average Bonchev–Trinajstić information content (AvgIpc) is 2.88. The van der Waals surface area contributed by atoms with Crippen molar-refractivity contribution >= 4 is 11.8 Å². The minimum atomic E-state index is -0.0844. The van der Waals surface area contributed by atoms with Gasteiger partial charge in [-0.2, -0.15) is 0 Å². The first kappa shape index (κ1) is 15.3. The summed E-state index contributed by atoms with van der Waals surface area (Å²) in [6, 6.07) is 0. The molecule has 0 aromatic carbocycles. The summed E-state index contributed by atoms with van der Waals surface area (Å²) in [5.74, 6) is -0.0570. The van der Waals surface area contributed by atoms with Crippen LogP contribution in [0.3, 0.4) is 0 Å². The first-order valence-electron chi connectivity index (χ1n) is 7.47. The number of rotatable bonds is 4. The summed E-state index contributed by atoms with van der Waals surface area (Å²) < 4.78 is 5.63. The molecule has 2 amide bonds. The Bertz CT molecular complexity index is 346. The van der Waals surface area contributed by atoms with E-state index in [2.05, 4.69) is 10.2 Å². The minimum Gasteiger partial charge on any atom is -0.373 e. The second-order valence-electron chi connectivity index (χ2n) is 5.82. The lowest BCUT2D eigenvalue weighted by atomic mass is 10.2. The van der Waals surface area contributed by atoms with Gasteiger partial charge in [0, 0.05) is 26.2 Å². The summed E-state index contributed by atoms with van der Waals surface area (Å²) >= 11 is 0. The van der Waals surface area contributed by atoms with Crippen molar-refractivity contribution in [2.24, 2.45) is 0 Å². The molecular formula is C14H25N3O3. The van der Waals surface area contributed by atoms with E-state index in [-0.39, 0.29) is 30.6 Å². The lowest BCUT2D eigenvalue weighted by molar-refractivity contribution is -0.133. The normalized spacial score (nSPS) is 27.6. The SMILES string of the molecule is CC1CN(CC(=O)NCC(=O)N2CCCC2)CC(C)O1. The number of hydrogen-bond acceptors (Lipinski definition) is 4. The number of nitrogens with zero attached hydrogens (tertiary/aromatic N) is 2. The van der Waals surface area contributed by atoms with E-state index in [1.165, 1.54) is 0 Å². The highest BCUT2D eigenvalue weighted by Crippen LogP contribution is 2.10. The monoisotopic (exact) mass is 283 g/mol. The Morgan fingerprint density at radius 2 is 1.75 bits per heavy atom. The lowest BCUT2D eigenvalue weighted by Gasteiger charge is -2.34. The lowest BCUT2D eigenvalue weighted by Crippen LogP contribution is -2.50. The maximum absolute atomic E-state index is 11.9. The second kappa shape index (κ2) is 7.04. The number of ether oxygens (including phenoxy) is 1. The molecule has 0 aromatic heterocycles. The zero-order valence-electron chi connectivity index (χ0n) is 12.4. The number of hydrogen-bond donors (Lipinski definition) is 1. The van der Waals surface area contributed by atoms with Crippen LogP contribution in [0.1, 0.15) is 26.7 Å². The van der Waals surface area contributed by atoms with Crippen LogP contribution in [-0.2, 0) is 14.3 Å². The van der Waals surface area contributed by atoms with Gasteiger partial charge in [-0.3, -0.25) is 14.5 Å². The average molecular weight is 283 g/mol. The number of nitrogens with one attached hydrogen (secondary N) is 1. The van der Waals surface area contributed by atoms with Crippen molar-refractivity contribution in [3.8, 4) is 0 Å². The van der Waals surface area contributed by atoms with Crippen LogP contribution in [0.5, 0.6) is 0 Å². The maximum atomic E-state index is 11.9. The molecule has 1 N–H and O–H groups in total. The van der Waals surface area contributed by atoms with Gasteiger partial charge in [-0.05, 0) is 26.7 Å². The molecule has 114 valence electrons. The highest BCUT2D eigenvalue weighted by atomic mass is 16.5. The van der Waals surface area contributed by atoms with Gasteiger partial charge in [0.2, 0.25) is 11.8 Å². The van der Waals surface area contributed by atoms with Gasteiger partial charge < -0.3 is 15.0 Å². The van der Waals surface area contributed by atoms with Crippen LogP contribution in [0.2, 0.25) is 0 Å². The topological polar surface area (TPSA) is 61.9 Å². The Morgan fingerprint density at radius 3 is 2.35 bits per heavy atom. The smallest absolute Gasteiger partial charge is 0.241 e. The third-order valence-electron chi connectivity index (χ3n) is 3.76. The highest BCUT2D eigenvalue weighted by molar-refractivity contribution is 5.85. The molecule has 2 aliphatic heterocycles. The Kier molecular flexibility index (Phi) is 5.37. The first-order valence-corrected chi connectivity index (χ1v) is 7.47. The summed E-state index contributed by atoms with van der Waals surface area (Å²) in [6.07, 6.45) is 2.45. The molecule has 2 rings (SSSR count). The van der Waals surface area contributed by atoms with Crippen molar-refractivity contribution in [1.29, 1.82) is 0 Å². The number of amides is 2. The zero-order valence-corrected chi connectivity index (χ0v) is 12.4. The maximum Gasteiger partial charge on any atom is 0.241 e. The zero-order chi connectivity index (χ0) is 14.5. The van der Waals surface area contributed by atoms with Crippen molar-refractivity contribution in [2.45, 2.75) is 38.9 Å². The van der Waals surface area contributed by atoms with E-state index < -0.39 is 0 Å². The van der Waals surface area contributed by atoms with Crippen molar-refractivity contribution in [3.05, 3.63) is 0 Å². The van der Waals surface area contributed by atoms with E-state index >= 15 is 0 Å². The molecule has 2 atom stereocenters. The summed E-state index contributed by atoms with van der Waals surface area (Å²) in [6.45, 7) is 7.66. The predicted octanol–water partition coefficient (Wildman–Crippen LogP) is -0.166. The van der Waals surface area contributed by atoms with Crippen LogP contribution < -0.4 is 5.32 Å². The molecule has 0 spiro atoms. The van der Waals surface area contributed by atoms with Crippen LogP contribution >= 0.6 is 0 Å². The fourth-order valence-electron chi connectivity index (χ4n) is 2.93. The van der Waals surface area contributed by atoms with Crippen molar-refractivity contribution in [2.75, 3.05) is 39.3 Å². The van der Waals surface area contributed by atoms with Crippen LogP contribution in [0.4, 0.5) is 0 Å². The Morgan fingerprint density at radius 1 is 1.15 bits per heavy atom.